The van der Waals surface area contributed by atoms with Gasteiger partial charge in [-0.3, -0.25) is 4.40 Å². The van der Waals surface area contributed by atoms with Crippen LogP contribution in [-0.2, 0) is 0 Å². The predicted octanol–water partition coefficient (Wildman–Crippen LogP) is 1.40. The zero-order valence-corrected chi connectivity index (χ0v) is 11.3. The van der Waals surface area contributed by atoms with E-state index in [1.165, 1.54) is 0 Å². The van der Waals surface area contributed by atoms with Gasteiger partial charge < -0.3 is 10.8 Å². The quantitative estimate of drug-likeness (QED) is 0.808. The normalized spacial score (nSPS) is 23.9. The van der Waals surface area contributed by atoms with Gasteiger partial charge in [-0.2, -0.15) is 0 Å². The molecule has 1 aliphatic rings. The van der Waals surface area contributed by atoms with Crippen LogP contribution in [0.3, 0.4) is 0 Å². The number of aromatic nitrogens is 3. The van der Waals surface area contributed by atoms with E-state index in [1.54, 1.807) is 6.20 Å². The molecule has 0 saturated heterocycles. The summed E-state index contributed by atoms with van der Waals surface area (Å²) in [6, 6.07) is 0. The molecular formula is C11H13IN4O. The number of nitrogens with two attached hydrogens (primary N) is 1. The van der Waals surface area contributed by atoms with Crippen molar-refractivity contribution in [1.82, 2.24) is 14.4 Å². The largest absolute Gasteiger partial charge is 0.396 e. The summed E-state index contributed by atoms with van der Waals surface area (Å²) >= 11 is 2.19. The molecule has 1 saturated carbocycles. The minimum Gasteiger partial charge on any atom is -0.396 e. The Morgan fingerprint density at radius 2 is 2.29 bits per heavy atom. The number of rotatable bonds is 2. The lowest BCUT2D eigenvalue weighted by Gasteiger charge is -2.32. The lowest BCUT2D eigenvalue weighted by molar-refractivity contribution is 0.138. The molecule has 0 radical (unpaired) electrons. The standard InChI is InChI=1S/C11H13IN4O/c12-9-8-10(13)14-1-2-16(8)11(15-9)7-3-6(4-7)5-17/h1-2,6-7,17H,3-5H2,(H2,13,14)/t6-,7+. The van der Waals surface area contributed by atoms with Crippen LogP contribution in [0.2, 0.25) is 0 Å². The molecule has 90 valence electrons. The average Bonchev–Trinajstić information content (AvgIpc) is 2.56. The summed E-state index contributed by atoms with van der Waals surface area (Å²) in [7, 11) is 0. The molecule has 0 aromatic carbocycles. The first-order valence-electron chi connectivity index (χ1n) is 5.59. The number of imidazole rings is 1. The van der Waals surface area contributed by atoms with E-state index >= 15 is 0 Å². The number of aliphatic hydroxyl groups is 1. The van der Waals surface area contributed by atoms with E-state index in [-0.39, 0.29) is 6.61 Å². The topological polar surface area (TPSA) is 76.4 Å². The molecular weight excluding hydrogens is 331 g/mol. The molecule has 5 nitrogen and oxygen atoms in total. The number of nitrogen functional groups attached to an aromatic ring is 1. The number of nitrogens with zero attached hydrogens (tertiary/aromatic N) is 3. The molecule has 1 fully saturated rings. The van der Waals surface area contributed by atoms with Crippen molar-refractivity contribution in [1.29, 1.82) is 0 Å². The number of aliphatic hydroxyl groups excluding tert-OH is 1. The van der Waals surface area contributed by atoms with Crippen molar-refractivity contribution >= 4 is 33.9 Å². The maximum Gasteiger partial charge on any atom is 0.150 e. The highest BCUT2D eigenvalue weighted by atomic mass is 127. The fourth-order valence-electron chi connectivity index (χ4n) is 2.43. The van der Waals surface area contributed by atoms with Crippen LogP contribution in [0.4, 0.5) is 5.82 Å². The van der Waals surface area contributed by atoms with Crippen LogP contribution in [0.5, 0.6) is 0 Å². The van der Waals surface area contributed by atoms with Gasteiger partial charge in [-0.25, -0.2) is 9.97 Å². The van der Waals surface area contributed by atoms with Crippen LogP contribution in [0.1, 0.15) is 24.6 Å². The summed E-state index contributed by atoms with van der Waals surface area (Å²) in [5.74, 6) is 2.44. The Labute approximate surface area is 112 Å². The van der Waals surface area contributed by atoms with Gasteiger partial charge in [0.15, 0.2) is 5.82 Å². The SMILES string of the molecule is Nc1nccn2c1c(I)nc2[C@H]1C[C@@H](CO)C1. The summed E-state index contributed by atoms with van der Waals surface area (Å²) in [4.78, 5) is 8.68. The number of halogens is 1. The lowest BCUT2D eigenvalue weighted by atomic mass is 9.75. The van der Waals surface area contributed by atoms with Gasteiger partial charge in [0.1, 0.15) is 15.0 Å². The summed E-state index contributed by atoms with van der Waals surface area (Å²) < 4.78 is 2.93. The molecule has 2 aromatic heterocycles. The van der Waals surface area contributed by atoms with E-state index < -0.39 is 0 Å². The van der Waals surface area contributed by atoms with Crippen LogP contribution in [0.15, 0.2) is 12.4 Å². The lowest BCUT2D eigenvalue weighted by Crippen LogP contribution is -2.26. The molecule has 2 heterocycles. The number of anilines is 1. The summed E-state index contributed by atoms with van der Waals surface area (Å²) in [5.41, 5.74) is 6.77. The Morgan fingerprint density at radius 3 is 3.00 bits per heavy atom. The molecule has 0 spiro atoms. The van der Waals surface area contributed by atoms with Crippen LogP contribution in [0, 0.1) is 9.62 Å². The minimum absolute atomic E-state index is 0.278. The molecule has 0 amide bonds. The molecule has 0 bridgehead atoms. The highest BCUT2D eigenvalue weighted by molar-refractivity contribution is 14.1. The number of hydrogen-bond donors (Lipinski definition) is 2. The molecule has 1 aliphatic carbocycles. The molecule has 0 aliphatic heterocycles. The fourth-order valence-corrected chi connectivity index (χ4v) is 3.21. The summed E-state index contributed by atoms with van der Waals surface area (Å²) in [6.07, 6.45) is 5.62. The molecule has 6 heteroatoms. The predicted molar refractivity (Wildman–Crippen MR) is 72.7 cm³/mol. The molecule has 3 N–H and O–H groups in total. The monoisotopic (exact) mass is 344 g/mol. The van der Waals surface area contributed by atoms with Crippen molar-refractivity contribution in [3.63, 3.8) is 0 Å². The van der Waals surface area contributed by atoms with Gasteiger partial charge in [0.25, 0.3) is 0 Å². The first-order valence-corrected chi connectivity index (χ1v) is 6.67. The zero-order chi connectivity index (χ0) is 12.0. The molecule has 3 rings (SSSR count). The Kier molecular flexibility index (Phi) is 2.70. The Bertz CT molecular complexity index is 562. The van der Waals surface area contributed by atoms with Crippen LogP contribution in [-0.4, -0.2) is 26.1 Å². The summed E-state index contributed by atoms with van der Waals surface area (Å²) in [6.45, 7) is 0.278. The second-order valence-corrected chi connectivity index (χ2v) is 5.53. The molecule has 0 unspecified atom stereocenters. The van der Waals surface area contributed by atoms with E-state index in [2.05, 4.69) is 32.6 Å². The van der Waals surface area contributed by atoms with E-state index in [0.717, 1.165) is 27.9 Å². The van der Waals surface area contributed by atoms with E-state index in [9.17, 15) is 0 Å². The van der Waals surface area contributed by atoms with E-state index in [0.29, 0.717) is 17.7 Å². The maximum absolute atomic E-state index is 9.05. The first kappa shape index (κ1) is 11.2. The van der Waals surface area contributed by atoms with Gasteiger partial charge in [-0.05, 0) is 41.4 Å². The van der Waals surface area contributed by atoms with Gasteiger partial charge in [-0.1, -0.05) is 0 Å². The van der Waals surface area contributed by atoms with Crippen molar-refractivity contribution in [3.05, 3.63) is 21.9 Å². The van der Waals surface area contributed by atoms with E-state index in [4.69, 9.17) is 10.8 Å². The minimum atomic E-state index is 0.278. The third kappa shape index (κ3) is 1.70. The second-order valence-electron chi connectivity index (χ2n) is 4.51. The molecule has 2 aromatic rings. The molecule has 0 atom stereocenters. The fraction of sp³-hybridized carbons (Fsp3) is 0.455. The van der Waals surface area contributed by atoms with Gasteiger partial charge in [0.05, 0.1) is 0 Å². The van der Waals surface area contributed by atoms with Crippen LogP contribution in [0.25, 0.3) is 5.52 Å². The van der Waals surface area contributed by atoms with Gasteiger partial charge in [0, 0.05) is 24.9 Å². The van der Waals surface area contributed by atoms with Crippen molar-refractivity contribution in [3.8, 4) is 0 Å². The van der Waals surface area contributed by atoms with Crippen molar-refractivity contribution in [2.75, 3.05) is 12.3 Å². The second kappa shape index (κ2) is 4.09. The summed E-state index contributed by atoms with van der Waals surface area (Å²) in [5, 5.41) is 9.05. The highest BCUT2D eigenvalue weighted by Gasteiger charge is 2.33. The Hall–Kier alpha value is -0.890. The first-order chi connectivity index (χ1) is 8.20. The Balaban J connectivity index is 2.04. The van der Waals surface area contributed by atoms with Crippen molar-refractivity contribution in [2.24, 2.45) is 5.92 Å². The third-order valence-electron chi connectivity index (χ3n) is 3.43. The average molecular weight is 344 g/mol. The van der Waals surface area contributed by atoms with Crippen molar-refractivity contribution in [2.45, 2.75) is 18.8 Å². The van der Waals surface area contributed by atoms with Crippen LogP contribution < -0.4 is 5.73 Å². The molecule has 17 heavy (non-hydrogen) atoms. The number of hydrogen-bond acceptors (Lipinski definition) is 4. The maximum atomic E-state index is 9.05. The number of fused-ring (bicyclic) bond motifs is 1. The van der Waals surface area contributed by atoms with E-state index in [1.807, 2.05) is 10.6 Å². The smallest absolute Gasteiger partial charge is 0.150 e. The van der Waals surface area contributed by atoms with Gasteiger partial charge in [-0.15, -0.1) is 0 Å². The van der Waals surface area contributed by atoms with Crippen molar-refractivity contribution < 1.29 is 5.11 Å². The zero-order valence-electron chi connectivity index (χ0n) is 9.17. The van der Waals surface area contributed by atoms with Gasteiger partial charge in [0.2, 0.25) is 0 Å². The van der Waals surface area contributed by atoms with Crippen LogP contribution >= 0.6 is 22.6 Å². The third-order valence-corrected chi connectivity index (χ3v) is 4.18. The highest BCUT2D eigenvalue weighted by Crippen LogP contribution is 2.41. The Morgan fingerprint density at radius 1 is 1.53 bits per heavy atom. The van der Waals surface area contributed by atoms with Gasteiger partial charge >= 0.3 is 0 Å².